The van der Waals surface area contributed by atoms with Crippen molar-refractivity contribution in [1.29, 1.82) is 0 Å². The smallest absolute Gasteiger partial charge is 0.337 e. The maximum absolute atomic E-state index is 14.0. The number of rotatable bonds is 6. The monoisotopic (exact) mass is 446 g/mol. The van der Waals surface area contributed by atoms with Gasteiger partial charge in [-0.15, -0.1) is 0 Å². The Labute approximate surface area is 187 Å². The van der Waals surface area contributed by atoms with Gasteiger partial charge in [-0.2, -0.15) is 0 Å². The van der Waals surface area contributed by atoms with Crippen LogP contribution in [-0.2, 0) is 0 Å². The Morgan fingerprint density at radius 3 is 2.48 bits per heavy atom. The molecule has 2 heterocycles. The van der Waals surface area contributed by atoms with E-state index in [4.69, 9.17) is 11.5 Å². The summed E-state index contributed by atoms with van der Waals surface area (Å²) >= 11 is 0. The number of anilines is 2. The van der Waals surface area contributed by atoms with Crippen LogP contribution in [0.5, 0.6) is 0 Å². The van der Waals surface area contributed by atoms with Gasteiger partial charge in [0.15, 0.2) is 0 Å². The fourth-order valence-electron chi connectivity index (χ4n) is 3.71. The summed E-state index contributed by atoms with van der Waals surface area (Å²) in [7, 11) is 0. The van der Waals surface area contributed by atoms with Crippen LogP contribution < -0.4 is 16.8 Å². The van der Waals surface area contributed by atoms with Crippen LogP contribution >= 0.6 is 0 Å². The Hall–Kier alpha value is -4.60. The van der Waals surface area contributed by atoms with Crippen molar-refractivity contribution in [2.24, 2.45) is 5.73 Å². The summed E-state index contributed by atoms with van der Waals surface area (Å²) in [5.74, 6) is -2.64. The number of pyridine rings is 1. The van der Waals surface area contributed by atoms with Crippen molar-refractivity contribution in [3.8, 4) is 11.1 Å². The summed E-state index contributed by atoms with van der Waals surface area (Å²) in [4.78, 5) is 36.8. The zero-order chi connectivity index (χ0) is 23.7. The van der Waals surface area contributed by atoms with Crippen molar-refractivity contribution < 1.29 is 19.1 Å². The molecule has 0 aliphatic heterocycles. The van der Waals surface area contributed by atoms with E-state index >= 15 is 0 Å². The number of nitrogens with zero attached hydrogens (tertiary/aromatic N) is 3. The number of nitrogen functional groups attached to an aromatic ring is 1. The minimum absolute atomic E-state index is 0.0828. The van der Waals surface area contributed by atoms with Crippen molar-refractivity contribution in [3.63, 3.8) is 0 Å². The van der Waals surface area contributed by atoms with E-state index in [9.17, 15) is 19.1 Å². The minimum Gasteiger partial charge on any atom is -0.478 e. The lowest BCUT2D eigenvalue weighted by Crippen LogP contribution is -2.21. The molecular weight excluding hydrogens is 427 g/mol. The van der Waals surface area contributed by atoms with Gasteiger partial charge >= 0.3 is 5.97 Å². The van der Waals surface area contributed by atoms with E-state index in [-0.39, 0.29) is 28.1 Å². The molecule has 6 N–H and O–H groups in total. The van der Waals surface area contributed by atoms with Gasteiger partial charge in [-0.05, 0) is 30.7 Å². The third-order valence-electron chi connectivity index (χ3n) is 5.14. The van der Waals surface area contributed by atoms with Gasteiger partial charge in [-0.3, -0.25) is 4.79 Å². The molecule has 1 atom stereocenters. The van der Waals surface area contributed by atoms with Gasteiger partial charge in [0.05, 0.1) is 22.8 Å². The summed E-state index contributed by atoms with van der Waals surface area (Å²) in [6.07, 6.45) is 1.17. The van der Waals surface area contributed by atoms with Crippen LogP contribution in [0.3, 0.4) is 0 Å². The largest absolute Gasteiger partial charge is 0.478 e. The highest BCUT2D eigenvalue weighted by Gasteiger charge is 2.26. The van der Waals surface area contributed by atoms with Crippen LogP contribution in [0.15, 0.2) is 54.9 Å². The molecule has 0 saturated heterocycles. The van der Waals surface area contributed by atoms with Gasteiger partial charge in [0.25, 0.3) is 5.91 Å². The summed E-state index contributed by atoms with van der Waals surface area (Å²) in [5.41, 5.74) is 12.6. The van der Waals surface area contributed by atoms with E-state index < -0.39 is 23.7 Å². The highest BCUT2D eigenvalue weighted by atomic mass is 19.1. The predicted octanol–water partition coefficient (Wildman–Crippen LogP) is 3.38. The second-order valence-electron chi connectivity index (χ2n) is 7.29. The number of nitrogens with one attached hydrogen (secondary N) is 1. The number of hydrogen-bond donors (Lipinski definition) is 4. The zero-order valence-electron chi connectivity index (χ0n) is 17.4. The van der Waals surface area contributed by atoms with Crippen molar-refractivity contribution in [1.82, 2.24) is 15.0 Å². The van der Waals surface area contributed by atoms with E-state index in [0.717, 1.165) is 6.07 Å². The molecule has 0 unspecified atom stereocenters. The third-order valence-corrected chi connectivity index (χ3v) is 5.14. The van der Waals surface area contributed by atoms with Crippen molar-refractivity contribution in [2.75, 3.05) is 11.1 Å². The number of carboxylic acids is 1. The molecule has 1 amide bonds. The fraction of sp³-hybridized carbons (Fsp3) is 0.0870. The molecule has 2 aromatic heterocycles. The molecule has 4 aromatic rings. The normalized spacial score (nSPS) is 11.8. The first-order valence-electron chi connectivity index (χ1n) is 9.86. The van der Waals surface area contributed by atoms with Crippen LogP contribution in [0.25, 0.3) is 22.0 Å². The Morgan fingerprint density at radius 1 is 1.09 bits per heavy atom. The minimum atomic E-state index is -1.23. The van der Waals surface area contributed by atoms with Gasteiger partial charge in [0, 0.05) is 10.9 Å². The van der Waals surface area contributed by atoms with Gasteiger partial charge in [-0.1, -0.05) is 30.3 Å². The maximum Gasteiger partial charge on any atom is 0.337 e. The number of aromatic nitrogens is 3. The predicted molar refractivity (Wildman–Crippen MR) is 121 cm³/mol. The van der Waals surface area contributed by atoms with Crippen LogP contribution in [0.1, 0.15) is 39.4 Å². The SMILES string of the molecule is C[C@H](Nc1ncnc(N)c1C(N)=O)c1nc2ccc(F)cc2c(C(=O)O)c1-c1ccccc1. The molecule has 0 saturated carbocycles. The Bertz CT molecular complexity index is 1390. The molecule has 0 fully saturated rings. The number of nitrogens with two attached hydrogens (primary N) is 2. The average Bonchev–Trinajstić information content (AvgIpc) is 2.78. The first-order valence-corrected chi connectivity index (χ1v) is 9.86. The maximum atomic E-state index is 14.0. The highest BCUT2D eigenvalue weighted by Crippen LogP contribution is 2.36. The fourth-order valence-corrected chi connectivity index (χ4v) is 3.71. The molecule has 9 nitrogen and oxygen atoms in total. The lowest BCUT2D eigenvalue weighted by Gasteiger charge is -2.22. The average molecular weight is 446 g/mol. The quantitative estimate of drug-likeness (QED) is 0.351. The topological polar surface area (TPSA) is 157 Å². The van der Waals surface area contributed by atoms with Crippen LogP contribution in [0.4, 0.5) is 16.0 Å². The summed E-state index contributed by atoms with van der Waals surface area (Å²) in [5, 5.41) is 13.3. The molecule has 2 aromatic carbocycles. The van der Waals surface area contributed by atoms with Crippen molar-refractivity contribution >= 4 is 34.4 Å². The number of amides is 1. The Kier molecular flexibility index (Phi) is 5.57. The van der Waals surface area contributed by atoms with Gasteiger partial charge in [0.2, 0.25) is 0 Å². The number of carbonyl (C=O) groups is 2. The molecule has 0 aliphatic carbocycles. The van der Waals surface area contributed by atoms with Crippen LogP contribution in [-0.4, -0.2) is 31.9 Å². The number of aromatic carboxylic acids is 1. The van der Waals surface area contributed by atoms with Crippen molar-refractivity contribution in [2.45, 2.75) is 13.0 Å². The molecule has 0 aliphatic rings. The van der Waals surface area contributed by atoms with Crippen LogP contribution in [0.2, 0.25) is 0 Å². The molecule has 0 spiro atoms. The first-order chi connectivity index (χ1) is 15.8. The van der Waals surface area contributed by atoms with Crippen molar-refractivity contribution in [3.05, 3.63) is 77.5 Å². The summed E-state index contributed by atoms with van der Waals surface area (Å²) in [6, 6.07) is 11.9. The van der Waals surface area contributed by atoms with Gasteiger partial charge in [0.1, 0.15) is 29.3 Å². The zero-order valence-corrected chi connectivity index (χ0v) is 17.4. The number of benzene rings is 2. The number of primary amides is 1. The van der Waals surface area contributed by atoms with E-state index in [2.05, 4.69) is 20.3 Å². The Morgan fingerprint density at radius 2 is 1.82 bits per heavy atom. The van der Waals surface area contributed by atoms with Gasteiger partial charge < -0.3 is 21.9 Å². The number of fused-ring (bicyclic) bond motifs is 1. The third kappa shape index (κ3) is 4.01. The second-order valence-corrected chi connectivity index (χ2v) is 7.29. The van der Waals surface area contributed by atoms with Gasteiger partial charge in [-0.25, -0.2) is 24.1 Å². The molecule has 0 radical (unpaired) electrons. The number of hydrogen-bond acceptors (Lipinski definition) is 7. The summed E-state index contributed by atoms with van der Waals surface area (Å²) < 4.78 is 14.0. The molecular formula is C23H19FN6O3. The molecule has 166 valence electrons. The Balaban J connectivity index is 1.98. The standard InChI is InChI=1S/C23H19FN6O3/c1-11(29-22-18(21(26)31)20(25)27-10-28-22)19-16(12-5-3-2-4-6-12)17(23(32)33)14-9-13(24)7-8-15(14)30-19/h2-11H,1H3,(H2,26,31)(H,32,33)(H3,25,27,28,29)/t11-/m0/s1. The molecule has 10 heteroatoms. The van der Waals surface area contributed by atoms with E-state index in [1.807, 2.05) is 0 Å². The first kappa shape index (κ1) is 21.6. The number of carboxylic acid groups (broad SMARTS) is 1. The highest BCUT2D eigenvalue weighted by molar-refractivity contribution is 6.09. The molecule has 4 rings (SSSR count). The van der Waals surface area contributed by atoms with E-state index in [0.29, 0.717) is 22.3 Å². The van der Waals surface area contributed by atoms with Crippen LogP contribution in [0, 0.1) is 5.82 Å². The lowest BCUT2D eigenvalue weighted by atomic mass is 9.92. The molecule has 0 bridgehead atoms. The van der Waals surface area contributed by atoms with E-state index in [1.165, 1.54) is 18.5 Å². The number of halogens is 1. The van der Waals surface area contributed by atoms with E-state index in [1.54, 1.807) is 37.3 Å². The molecule has 33 heavy (non-hydrogen) atoms. The number of carbonyl (C=O) groups excluding carboxylic acids is 1. The summed E-state index contributed by atoms with van der Waals surface area (Å²) in [6.45, 7) is 1.72. The second kappa shape index (κ2) is 8.50. The lowest BCUT2D eigenvalue weighted by molar-refractivity contribution is 0.0699.